The van der Waals surface area contributed by atoms with Crippen LogP contribution < -0.4 is 0 Å². The molecular formula is C18H26O5. The van der Waals surface area contributed by atoms with Crippen molar-refractivity contribution in [1.29, 1.82) is 0 Å². The third-order valence-corrected chi connectivity index (χ3v) is 5.18. The molecule has 1 saturated carbocycles. The Morgan fingerprint density at radius 1 is 1.13 bits per heavy atom. The average molecular weight is 322 g/mol. The SMILES string of the molecule is COC/C1=C/C[C@H]2CC(C(=O)OC)(C(=O)OC)C[C@H]2/C=C\C1C. The van der Waals surface area contributed by atoms with Crippen LogP contribution in [0.1, 0.15) is 26.2 Å². The van der Waals surface area contributed by atoms with Gasteiger partial charge in [-0.2, -0.15) is 0 Å². The zero-order chi connectivity index (χ0) is 17.0. The maximum Gasteiger partial charge on any atom is 0.323 e. The lowest BCUT2D eigenvalue weighted by Gasteiger charge is -2.23. The summed E-state index contributed by atoms with van der Waals surface area (Å²) in [6.45, 7) is 2.73. The Morgan fingerprint density at radius 3 is 2.35 bits per heavy atom. The molecular weight excluding hydrogens is 296 g/mol. The number of hydrogen-bond acceptors (Lipinski definition) is 5. The van der Waals surface area contributed by atoms with Gasteiger partial charge in [0.25, 0.3) is 0 Å². The van der Waals surface area contributed by atoms with Crippen molar-refractivity contribution in [3.05, 3.63) is 23.8 Å². The second-order valence-corrected chi connectivity index (χ2v) is 6.52. The lowest BCUT2D eigenvalue weighted by atomic mass is 9.84. The van der Waals surface area contributed by atoms with Gasteiger partial charge in [0.15, 0.2) is 5.41 Å². The molecule has 0 aliphatic heterocycles. The van der Waals surface area contributed by atoms with Crippen LogP contribution in [0.2, 0.25) is 0 Å². The molecule has 0 bridgehead atoms. The van der Waals surface area contributed by atoms with Crippen molar-refractivity contribution in [2.24, 2.45) is 23.2 Å². The molecule has 0 N–H and O–H groups in total. The summed E-state index contributed by atoms with van der Waals surface area (Å²) in [6.07, 6.45) is 8.23. The van der Waals surface area contributed by atoms with Gasteiger partial charge < -0.3 is 14.2 Å². The van der Waals surface area contributed by atoms with Crippen LogP contribution in [0, 0.1) is 23.2 Å². The monoisotopic (exact) mass is 322 g/mol. The topological polar surface area (TPSA) is 61.8 Å². The molecule has 5 heteroatoms. The number of esters is 2. The van der Waals surface area contributed by atoms with Gasteiger partial charge in [-0.25, -0.2) is 0 Å². The molecule has 2 aliphatic rings. The number of hydrogen-bond donors (Lipinski definition) is 0. The fourth-order valence-electron chi connectivity index (χ4n) is 3.82. The predicted octanol–water partition coefficient (Wildman–Crippen LogP) is 2.51. The van der Waals surface area contributed by atoms with Crippen molar-refractivity contribution in [1.82, 2.24) is 0 Å². The summed E-state index contributed by atoms with van der Waals surface area (Å²) >= 11 is 0. The van der Waals surface area contributed by atoms with Crippen molar-refractivity contribution < 1.29 is 23.8 Å². The van der Waals surface area contributed by atoms with E-state index in [2.05, 4.69) is 25.2 Å². The molecule has 0 amide bonds. The Kier molecular flexibility index (Phi) is 5.63. The van der Waals surface area contributed by atoms with Crippen LogP contribution in [0.4, 0.5) is 0 Å². The van der Waals surface area contributed by atoms with E-state index < -0.39 is 17.4 Å². The van der Waals surface area contributed by atoms with Crippen molar-refractivity contribution in [3.63, 3.8) is 0 Å². The standard InChI is InChI=1S/C18H26O5/c1-12-5-6-13-9-18(16(19)22-3,17(20)23-4)10-14(13)7-8-15(12)11-21-2/h5-6,8,12-14H,7,9-11H2,1-4H3/b6-5-,15-8-/t12?,13-,14+/m1/s1. The first-order chi connectivity index (χ1) is 11.0. The first kappa shape index (κ1) is 17.7. The Balaban J connectivity index is 2.29. The molecule has 23 heavy (non-hydrogen) atoms. The van der Waals surface area contributed by atoms with Crippen LogP contribution in [0.25, 0.3) is 0 Å². The van der Waals surface area contributed by atoms with E-state index in [0.29, 0.717) is 25.4 Å². The first-order valence-electron chi connectivity index (χ1n) is 8.01. The van der Waals surface area contributed by atoms with Crippen molar-refractivity contribution in [3.8, 4) is 0 Å². The normalized spacial score (nSPS) is 32.7. The Morgan fingerprint density at radius 2 is 1.78 bits per heavy atom. The largest absolute Gasteiger partial charge is 0.468 e. The highest BCUT2D eigenvalue weighted by Crippen LogP contribution is 2.50. The number of rotatable bonds is 4. The fraction of sp³-hybridized carbons (Fsp3) is 0.667. The van der Waals surface area contributed by atoms with E-state index in [1.165, 1.54) is 19.8 Å². The molecule has 0 spiro atoms. The van der Waals surface area contributed by atoms with E-state index >= 15 is 0 Å². The van der Waals surface area contributed by atoms with Crippen LogP contribution in [0.15, 0.2) is 23.8 Å². The highest BCUT2D eigenvalue weighted by molar-refractivity contribution is 6.00. The lowest BCUT2D eigenvalue weighted by molar-refractivity contribution is -0.169. The zero-order valence-electron chi connectivity index (χ0n) is 14.3. The Bertz CT molecular complexity index is 504. The summed E-state index contributed by atoms with van der Waals surface area (Å²) < 4.78 is 15.1. The predicted molar refractivity (Wildman–Crippen MR) is 85.6 cm³/mol. The maximum atomic E-state index is 12.3. The van der Waals surface area contributed by atoms with E-state index in [-0.39, 0.29) is 11.8 Å². The van der Waals surface area contributed by atoms with Gasteiger partial charge in [0.2, 0.25) is 0 Å². The molecule has 0 aromatic heterocycles. The van der Waals surface area contributed by atoms with E-state index in [1.807, 2.05) is 0 Å². The van der Waals surface area contributed by atoms with E-state index in [0.717, 1.165) is 6.42 Å². The smallest absolute Gasteiger partial charge is 0.323 e. The Hall–Kier alpha value is -1.62. The molecule has 0 saturated heterocycles. The van der Waals surface area contributed by atoms with Crippen LogP contribution in [-0.4, -0.2) is 39.9 Å². The van der Waals surface area contributed by atoms with Gasteiger partial charge in [-0.1, -0.05) is 25.2 Å². The molecule has 3 atom stereocenters. The number of ether oxygens (including phenoxy) is 3. The number of carbonyl (C=O) groups excluding carboxylic acids is 2. The summed E-state index contributed by atoms with van der Waals surface area (Å²) in [5.41, 5.74) is 0.0577. The average Bonchev–Trinajstić information content (AvgIpc) is 2.93. The second kappa shape index (κ2) is 7.30. The van der Waals surface area contributed by atoms with Gasteiger partial charge in [0.05, 0.1) is 20.8 Å². The molecule has 5 nitrogen and oxygen atoms in total. The molecule has 0 aromatic carbocycles. The molecule has 1 fully saturated rings. The van der Waals surface area contributed by atoms with Crippen LogP contribution in [0.5, 0.6) is 0 Å². The lowest BCUT2D eigenvalue weighted by Crippen LogP contribution is -2.39. The molecule has 1 unspecified atom stereocenters. The fourth-order valence-corrected chi connectivity index (χ4v) is 3.82. The third kappa shape index (κ3) is 3.34. The maximum absolute atomic E-state index is 12.3. The first-order valence-corrected chi connectivity index (χ1v) is 8.01. The summed E-state index contributed by atoms with van der Waals surface area (Å²) in [5.74, 6) is -0.278. The van der Waals surface area contributed by atoms with Gasteiger partial charge in [-0.15, -0.1) is 0 Å². The molecule has 2 aliphatic carbocycles. The molecule has 0 aromatic rings. The molecule has 0 radical (unpaired) electrons. The van der Waals surface area contributed by atoms with Gasteiger partial charge in [-0.05, 0) is 42.6 Å². The summed E-state index contributed by atoms with van der Waals surface area (Å²) in [5, 5.41) is 0. The number of carbonyl (C=O) groups is 2. The highest BCUT2D eigenvalue weighted by Gasteiger charge is 2.56. The van der Waals surface area contributed by atoms with Crippen molar-refractivity contribution in [2.45, 2.75) is 26.2 Å². The summed E-state index contributed by atoms with van der Waals surface area (Å²) in [6, 6.07) is 0. The van der Waals surface area contributed by atoms with Crippen LogP contribution >= 0.6 is 0 Å². The van der Waals surface area contributed by atoms with Gasteiger partial charge in [-0.3, -0.25) is 9.59 Å². The Labute approximate surface area is 137 Å². The van der Waals surface area contributed by atoms with Crippen LogP contribution in [0.3, 0.4) is 0 Å². The van der Waals surface area contributed by atoms with Gasteiger partial charge >= 0.3 is 11.9 Å². The molecule has 128 valence electrons. The second-order valence-electron chi connectivity index (χ2n) is 6.52. The van der Waals surface area contributed by atoms with Crippen LogP contribution in [-0.2, 0) is 23.8 Å². The molecule has 2 rings (SSSR count). The van der Waals surface area contributed by atoms with Gasteiger partial charge in [0, 0.05) is 7.11 Å². The quantitative estimate of drug-likeness (QED) is 0.452. The third-order valence-electron chi connectivity index (χ3n) is 5.18. The van der Waals surface area contributed by atoms with E-state index in [4.69, 9.17) is 14.2 Å². The molecule has 0 heterocycles. The van der Waals surface area contributed by atoms with Crippen molar-refractivity contribution >= 4 is 11.9 Å². The summed E-state index contributed by atoms with van der Waals surface area (Å²) in [4.78, 5) is 24.6. The zero-order valence-corrected chi connectivity index (χ0v) is 14.3. The number of allylic oxidation sites excluding steroid dienone is 3. The van der Waals surface area contributed by atoms with Crippen molar-refractivity contribution in [2.75, 3.05) is 27.9 Å². The number of methoxy groups -OCH3 is 3. The highest BCUT2D eigenvalue weighted by atomic mass is 16.5. The minimum absolute atomic E-state index is 0.177. The minimum atomic E-state index is -1.17. The minimum Gasteiger partial charge on any atom is -0.468 e. The summed E-state index contributed by atoms with van der Waals surface area (Å²) in [7, 11) is 4.33. The van der Waals surface area contributed by atoms with Gasteiger partial charge in [0.1, 0.15) is 0 Å². The van der Waals surface area contributed by atoms with E-state index in [1.54, 1.807) is 7.11 Å². The number of fused-ring (bicyclic) bond motifs is 1. The van der Waals surface area contributed by atoms with E-state index in [9.17, 15) is 9.59 Å².